The minimum atomic E-state index is -0.240. The molecule has 4 aliphatic rings. The molecular formula is C32H42BrNO4S. The Balaban J connectivity index is 1.34. The lowest BCUT2D eigenvalue weighted by Gasteiger charge is -2.59. The Hall–Kier alpha value is -1.73. The standard InChI is InChI=1S/C32H42BrNO4S/c1-6-25(27-9-10-28(33)39-27)34-29(37)15-18(2)22-7-8-23-30-24(12-14-32(22,23)5)31(4)13-11-21(36)16-20(31)17-26(30)38-19(3)35/h9-11,13,16,18,22-26,30H,6-8,12,14-15,17H2,1-5H3,(H,34,37)/t18-,22?,23+,24+,25?,26-,30?,31?,32?/m1/s1. The summed E-state index contributed by atoms with van der Waals surface area (Å²) in [5, 5.41) is 3.30. The Morgan fingerprint density at radius 1 is 1.21 bits per heavy atom. The number of hydrogen-bond acceptors (Lipinski definition) is 5. The number of allylic oxidation sites excluding steroid dienone is 3. The van der Waals surface area contributed by atoms with E-state index in [1.807, 2.05) is 6.07 Å². The number of amides is 1. The number of carbonyl (C=O) groups is 3. The summed E-state index contributed by atoms with van der Waals surface area (Å²) in [6, 6.07) is 4.19. The quantitative estimate of drug-likeness (QED) is 0.321. The summed E-state index contributed by atoms with van der Waals surface area (Å²) in [6.07, 6.45) is 11.9. The van der Waals surface area contributed by atoms with Crippen molar-refractivity contribution in [1.82, 2.24) is 5.32 Å². The topological polar surface area (TPSA) is 72.5 Å². The Morgan fingerprint density at radius 2 is 1.97 bits per heavy atom. The summed E-state index contributed by atoms with van der Waals surface area (Å²) in [5.41, 5.74) is 1.06. The van der Waals surface area contributed by atoms with Gasteiger partial charge in [-0.3, -0.25) is 14.4 Å². The van der Waals surface area contributed by atoms with E-state index in [2.05, 4.69) is 61.1 Å². The number of fused-ring (bicyclic) bond motifs is 5. The van der Waals surface area contributed by atoms with Crippen LogP contribution in [0.25, 0.3) is 0 Å². The number of esters is 1. The smallest absolute Gasteiger partial charge is 0.302 e. The molecule has 7 heteroatoms. The van der Waals surface area contributed by atoms with Gasteiger partial charge in [-0.25, -0.2) is 0 Å². The van der Waals surface area contributed by atoms with Crippen LogP contribution in [0.3, 0.4) is 0 Å². The Labute approximate surface area is 245 Å². The lowest BCUT2D eigenvalue weighted by atomic mass is 9.46. The number of hydrogen-bond donors (Lipinski definition) is 1. The maximum absolute atomic E-state index is 13.2. The molecule has 9 atom stereocenters. The Morgan fingerprint density at radius 3 is 2.64 bits per heavy atom. The lowest BCUT2D eigenvalue weighted by Crippen LogP contribution is -2.55. The zero-order chi connectivity index (χ0) is 28.1. The Kier molecular flexibility index (Phi) is 8.06. The summed E-state index contributed by atoms with van der Waals surface area (Å²) in [7, 11) is 0. The largest absolute Gasteiger partial charge is 0.462 e. The normalized spacial score (nSPS) is 36.7. The molecule has 3 saturated carbocycles. The monoisotopic (exact) mass is 615 g/mol. The molecule has 5 nitrogen and oxygen atoms in total. The summed E-state index contributed by atoms with van der Waals surface area (Å²) in [4.78, 5) is 38.9. The van der Waals surface area contributed by atoms with Crippen LogP contribution in [-0.4, -0.2) is 23.8 Å². The molecule has 1 aromatic heterocycles. The highest BCUT2D eigenvalue weighted by Crippen LogP contribution is 2.67. The fourth-order valence-corrected chi connectivity index (χ4v) is 10.6. The van der Waals surface area contributed by atoms with Crippen LogP contribution in [-0.2, 0) is 19.1 Å². The van der Waals surface area contributed by atoms with Gasteiger partial charge in [0.15, 0.2) is 5.78 Å². The zero-order valence-corrected chi connectivity index (χ0v) is 26.2. The maximum atomic E-state index is 13.2. The van der Waals surface area contributed by atoms with Gasteiger partial charge >= 0.3 is 5.97 Å². The second kappa shape index (κ2) is 10.9. The zero-order valence-electron chi connectivity index (χ0n) is 23.8. The number of rotatable bonds is 7. The van der Waals surface area contributed by atoms with Crippen LogP contribution in [0.4, 0.5) is 0 Å². The molecule has 1 heterocycles. The van der Waals surface area contributed by atoms with Crippen molar-refractivity contribution in [3.63, 3.8) is 0 Å². The average Bonchev–Trinajstić information content (AvgIpc) is 3.46. The summed E-state index contributed by atoms with van der Waals surface area (Å²) >= 11 is 5.22. The van der Waals surface area contributed by atoms with Gasteiger partial charge in [-0.1, -0.05) is 39.3 Å². The number of halogens is 1. The van der Waals surface area contributed by atoms with Crippen molar-refractivity contribution in [2.45, 2.75) is 91.7 Å². The van der Waals surface area contributed by atoms with Crippen molar-refractivity contribution in [2.75, 3.05) is 0 Å². The molecule has 5 unspecified atom stereocenters. The van der Waals surface area contributed by atoms with Gasteiger partial charge < -0.3 is 10.1 Å². The van der Waals surface area contributed by atoms with Gasteiger partial charge in [0.05, 0.1) is 9.83 Å². The predicted octanol–water partition coefficient (Wildman–Crippen LogP) is 7.57. The van der Waals surface area contributed by atoms with Crippen molar-refractivity contribution in [3.05, 3.63) is 44.6 Å². The molecule has 4 aliphatic carbocycles. The molecule has 0 bridgehead atoms. The van der Waals surface area contributed by atoms with Crippen molar-refractivity contribution < 1.29 is 19.1 Å². The maximum Gasteiger partial charge on any atom is 0.302 e. The minimum absolute atomic E-state index is 0.0354. The van der Waals surface area contributed by atoms with Gasteiger partial charge in [-0.15, -0.1) is 11.3 Å². The second-order valence-corrected chi connectivity index (χ2v) is 15.4. The summed E-state index contributed by atoms with van der Waals surface area (Å²) in [6.45, 7) is 10.6. The third kappa shape index (κ3) is 5.23. The first-order chi connectivity index (χ1) is 18.5. The van der Waals surface area contributed by atoms with Crippen LogP contribution in [0, 0.1) is 40.4 Å². The lowest BCUT2D eigenvalue weighted by molar-refractivity contribution is -0.163. The molecule has 39 heavy (non-hydrogen) atoms. The van der Waals surface area contributed by atoms with Gasteiger partial charge in [0.25, 0.3) is 0 Å². The molecule has 0 aromatic carbocycles. The van der Waals surface area contributed by atoms with E-state index >= 15 is 0 Å². The molecule has 0 aliphatic heterocycles. The minimum Gasteiger partial charge on any atom is -0.462 e. The first kappa shape index (κ1) is 28.8. The molecule has 5 rings (SSSR count). The van der Waals surface area contributed by atoms with Crippen LogP contribution >= 0.6 is 27.3 Å². The predicted molar refractivity (Wildman–Crippen MR) is 158 cm³/mol. The van der Waals surface area contributed by atoms with Gasteiger partial charge in [0, 0.05) is 36.0 Å². The van der Waals surface area contributed by atoms with E-state index in [-0.39, 0.29) is 52.5 Å². The SMILES string of the molecule is CCC(NC(=O)C[C@@H](C)C1CC[C@H]2C3[C@H](OC(C)=O)CC4=CC(=O)C=CC4(C)[C@H]3CCC12C)c1ccc(Br)s1. The van der Waals surface area contributed by atoms with E-state index in [9.17, 15) is 14.4 Å². The first-order valence-electron chi connectivity index (χ1n) is 14.6. The van der Waals surface area contributed by atoms with Gasteiger partial charge in [0.1, 0.15) is 6.10 Å². The summed E-state index contributed by atoms with van der Waals surface area (Å²) in [5.74, 6) is 1.71. The fraction of sp³-hybridized carbons (Fsp3) is 0.656. The van der Waals surface area contributed by atoms with Gasteiger partial charge in [-0.2, -0.15) is 0 Å². The molecular weight excluding hydrogens is 574 g/mol. The van der Waals surface area contributed by atoms with Crippen LogP contribution < -0.4 is 5.32 Å². The highest BCUT2D eigenvalue weighted by molar-refractivity contribution is 9.11. The van der Waals surface area contributed by atoms with Crippen LogP contribution in [0.5, 0.6) is 0 Å². The van der Waals surface area contributed by atoms with E-state index in [0.29, 0.717) is 30.6 Å². The van der Waals surface area contributed by atoms with E-state index < -0.39 is 0 Å². The molecule has 0 spiro atoms. The van der Waals surface area contributed by atoms with Crippen LogP contribution in [0.1, 0.15) is 90.5 Å². The van der Waals surface area contributed by atoms with Crippen molar-refractivity contribution in [2.24, 2.45) is 40.4 Å². The number of carbonyl (C=O) groups excluding carboxylic acids is 3. The number of thiophene rings is 1. The van der Waals surface area contributed by atoms with Crippen LogP contribution in [0.15, 0.2) is 39.7 Å². The number of nitrogens with one attached hydrogen (secondary N) is 1. The van der Waals surface area contributed by atoms with E-state index in [4.69, 9.17) is 4.74 Å². The molecule has 3 fully saturated rings. The van der Waals surface area contributed by atoms with Gasteiger partial charge in [0.2, 0.25) is 5.91 Å². The summed E-state index contributed by atoms with van der Waals surface area (Å²) < 4.78 is 7.11. The molecule has 0 saturated heterocycles. The molecule has 1 amide bonds. The van der Waals surface area contributed by atoms with Gasteiger partial charge in [-0.05, 0) is 101 Å². The molecule has 1 N–H and O–H groups in total. The molecule has 0 radical (unpaired) electrons. The Bertz CT molecular complexity index is 1200. The van der Waals surface area contributed by atoms with Crippen molar-refractivity contribution in [1.29, 1.82) is 0 Å². The van der Waals surface area contributed by atoms with Crippen molar-refractivity contribution >= 4 is 44.9 Å². The van der Waals surface area contributed by atoms with E-state index in [1.165, 1.54) is 11.8 Å². The van der Waals surface area contributed by atoms with Crippen molar-refractivity contribution in [3.8, 4) is 0 Å². The molecule has 212 valence electrons. The number of ketones is 1. The number of ether oxygens (including phenoxy) is 1. The third-order valence-electron chi connectivity index (χ3n) is 10.8. The third-order valence-corrected chi connectivity index (χ3v) is 12.6. The highest BCUT2D eigenvalue weighted by Gasteiger charge is 2.62. The second-order valence-electron chi connectivity index (χ2n) is 12.9. The van der Waals surface area contributed by atoms with Crippen LogP contribution in [0.2, 0.25) is 0 Å². The highest BCUT2D eigenvalue weighted by atomic mass is 79.9. The first-order valence-corrected chi connectivity index (χ1v) is 16.2. The van der Waals surface area contributed by atoms with E-state index in [0.717, 1.165) is 41.5 Å². The molecule has 1 aromatic rings. The average molecular weight is 617 g/mol. The fourth-order valence-electron chi connectivity index (χ4n) is 9.03. The van der Waals surface area contributed by atoms with E-state index in [1.54, 1.807) is 23.5 Å².